The van der Waals surface area contributed by atoms with E-state index in [-0.39, 0.29) is 18.0 Å². The maximum atomic E-state index is 13.0. The standard InChI is InChI=1S/C25H26N4O5S/c1-5-33-18-8-6-17(7-9-18)11-28(4)19(30)13-34-20(31)12-29-14-26-22-21-15(2)10-16(3)27-24(21)35-23(22)25(29)32/h6-10,14H,5,11-13H2,1-4H3. The number of benzene rings is 1. The maximum absolute atomic E-state index is 13.0. The molecule has 3 heterocycles. The first-order chi connectivity index (χ1) is 16.8. The van der Waals surface area contributed by atoms with E-state index in [1.807, 2.05) is 51.1 Å². The van der Waals surface area contributed by atoms with Gasteiger partial charge in [0, 0.05) is 24.7 Å². The summed E-state index contributed by atoms with van der Waals surface area (Å²) in [6.45, 7) is 5.96. The van der Waals surface area contributed by atoms with Crippen molar-refractivity contribution in [2.45, 2.75) is 33.9 Å². The van der Waals surface area contributed by atoms with E-state index < -0.39 is 12.6 Å². The second-order valence-corrected chi connectivity index (χ2v) is 9.20. The van der Waals surface area contributed by atoms with E-state index in [9.17, 15) is 14.4 Å². The molecule has 10 heteroatoms. The van der Waals surface area contributed by atoms with Crippen LogP contribution in [0.1, 0.15) is 23.7 Å². The molecule has 3 aromatic heterocycles. The molecule has 0 saturated carbocycles. The molecule has 0 aliphatic rings. The quantitative estimate of drug-likeness (QED) is 0.347. The van der Waals surface area contributed by atoms with Gasteiger partial charge in [0.1, 0.15) is 21.8 Å². The van der Waals surface area contributed by atoms with Crippen LogP contribution in [0.4, 0.5) is 0 Å². The van der Waals surface area contributed by atoms with Crippen LogP contribution in [0.25, 0.3) is 20.4 Å². The summed E-state index contributed by atoms with van der Waals surface area (Å²) < 4.78 is 12.2. The lowest BCUT2D eigenvalue weighted by Crippen LogP contribution is -2.32. The third kappa shape index (κ3) is 5.32. The van der Waals surface area contributed by atoms with Crippen LogP contribution in [-0.4, -0.2) is 51.6 Å². The van der Waals surface area contributed by atoms with Crippen LogP contribution in [0.3, 0.4) is 0 Å². The van der Waals surface area contributed by atoms with E-state index in [1.54, 1.807) is 7.05 Å². The summed E-state index contributed by atoms with van der Waals surface area (Å²) in [7, 11) is 1.63. The van der Waals surface area contributed by atoms with E-state index in [0.717, 1.165) is 32.8 Å². The monoisotopic (exact) mass is 494 g/mol. The number of aryl methyl sites for hydroxylation is 2. The fourth-order valence-corrected chi connectivity index (χ4v) is 4.97. The van der Waals surface area contributed by atoms with Crippen molar-refractivity contribution in [1.82, 2.24) is 19.4 Å². The molecule has 0 bridgehead atoms. The zero-order valence-corrected chi connectivity index (χ0v) is 20.8. The highest BCUT2D eigenvalue weighted by atomic mass is 32.1. The van der Waals surface area contributed by atoms with Gasteiger partial charge in [0.15, 0.2) is 6.61 Å². The van der Waals surface area contributed by atoms with Crippen LogP contribution < -0.4 is 10.3 Å². The van der Waals surface area contributed by atoms with Gasteiger partial charge in [-0.05, 0) is 50.1 Å². The summed E-state index contributed by atoms with van der Waals surface area (Å²) in [6, 6.07) is 9.39. The molecule has 0 saturated heterocycles. The van der Waals surface area contributed by atoms with Crippen molar-refractivity contribution in [3.05, 3.63) is 63.8 Å². The molecule has 0 unspecified atom stereocenters. The second kappa shape index (κ2) is 10.2. The normalized spacial score (nSPS) is 11.1. The van der Waals surface area contributed by atoms with Crippen LogP contribution in [0, 0.1) is 13.8 Å². The predicted octanol–water partition coefficient (Wildman–Crippen LogP) is 3.22. The van der Waals surface area contributed by atoms with Gasteiger partial charge in [-0.3, -0.25) is 19.0 Å². The van der Waals surface area contributed by atoms with Gasteiger partial charge >= 0.3 is 5.97 Å². The van der Waals surface area contributed by atoms with Crippen molar-refractivity contribution < 1.29 is 19.1 Å². The molecule has 4 aromatic rings. The highest BCUT2D eigenvalue weighted by molar-refractivity contribution is 7.25. The lowest BCUT2D eigenvalue weighted by Gasteiger charge is -2.17. The first-order valence-electron chi connectivity index (χ1n) is 11.1. The Labute approximate surface area is 205 Å². The van der Waals surface area contributed by atoms with Crippen molar-refractivity contribution in [2.24, 2.45) is 0 Å². The molecule has 35 heavy (non-hydrogen) atoms. The van der Waals surface area contributed by atoms with Crippen LogP contribution in [0.2, 0.25) is 0 Å². The Hall–Kier alpha value is -3.79. The van der Waals surface area contributed by atoms with Crippen LogP contribution in [-0.2, 0) is 27.4 Å². The lowest BCUT2D eigenvalue weighted by molar-refractivity contribution is -0.152. The van der Waals surface area contributed by atoms with Crippen molar-refractivity contribution in [3.63, 3.8) is 0 Å². The van der Waals surface area contributed by atoms with Crippen molar-refractivity contribution in [3.8, 4) is 5.75 Å². The summed E-state index contributed by atoms with van der Waals surface area (Å²) in [5, 5.41) is 0.851. The molecular weight excluding hydrogens is 468 g/mol. The van der Waals surface area contributed by atoms with Gasteiger partial charge in [0.25, 0.3) is 11.5 Å². The zero-order chi connectivity index (χ0) is 25.1. The molecule has 0 spiro atoms. The molecule has 1 amide bonds. The molecule has 9 nitrogen and oxygen atoms in total. The highest BCUT2D eigenvalue weighted by Gasteiger charge is 2.17. The van der Waals surface area contributed by atoms with Crippen molar-refractivity contribution in [2.75, 3.05) is 20.3 Å². The number of pyridine rings is 1. The smallest absolute Gasteiger partial charge is 0.326 e. The second-order valence-electron chi connectivity index (χ2n) is 8.21. The molecule has 1 aromatic carbocycles. The molecule has 0 N–H and O–H groups in total. The van der Waals surface area contributed by atoms with E-state index >= 15 is 0 Å². The van der Waals surface area contributed by atoms with Gasteiger partial charge < -0.3 is 14.4 Å². The Bertz CT molecular complexity index is 1460. The largest absolute Gasteiger partial charge is 0.494 e. The molecule has 0 radical (unpaired) electrons. The molecule has 0 aliphatic carbocycles. The highest BCUT2D eigenvalue weighted by Crippen LogP contribution is 2.31. The van der Waals surface area contributed by atoms with Crippen LogP contribution >= 0.6 is 11.3 Å². The fraction of sp³-hybridized carbons (Fsp3) is 0.320. The number of carbonyl (C=O) groups excluding carboxylic acids is 2. The van der Waals surface area contributed by atoms with E-state index in [2.05, 4.69) is 9.97 Å². The number of thiophene rings is 1. The number of rotatable bonds is 8. The summed E-state index contributed by atoms with van der Waals surface area (Å²) in [6.07, 6.45) is 1.33. The minimum atomic E-state index is -0.692. The van der Waals surface area contributed by atoms with E-state index in [1.165, 1.54) is 27.1 Å². The number of carbonyl (C=O) groups is 2. The third-order valence-electron chi connectivity index (χ3n) is 5.48. The summed E-state index contributed by atoms with van der Waals surface area (Å²) in [5.74, 6) is -0.281. The number of nitrogens with zero attached hydrogens (tertiary/aromatic N) is 4. The van der Waals surface area contributed by atoms with Gasteiger partial charge in [-0.1, -0.05) is 12.1 Å². The Morgan fingerprint density at radius 2 is 1.91 bits per heavy atom. The van der Waals surface area contributed by atoms with Gasteiger partial charge in [-0.2, -0.15) is 0 Å². The van der Waals surface area contributed by atoms with Crippen LogP contribution in [0.15, 0.2) is 41.5 Å². The van der Waals surface area contributed by atoms with Gasteiger partial charge in [-0.25, -0.2) is 9.97 Å². The lowest BCUT2D eigenvalue weighted by atomic mass is 10.1. The topological polar surface area (TPSA) is 104 Å². The number of ether oxygens (including phenoxy) is 2. The molecule has 4 rings (SSSR count). The maximum Gasteiger partial charge on any atom is 0.326 e. The number of amides is 1. The van der Waals surface area contributed by atoms with E-state index in [0.29, 0.717) is 23.4 Å². The Morgan fingerprint density at radius 1 is 1.17 bits per heavy atom. The van der Waals surface area contributed by atoms with Gasteiger partial charge in [0.05, 0.1) is 18.5 Å². The Balaban J connectivity index is 1.38. The van der Waals surface area contributed by atoms with Gasteiger partial charge in [-0.15, -0.1) is 11.3 Å². The first kappa shape index (κ1) is 24.3. The summed E-state index contributed by atoms with van der Waals surface area (Å²) >= 11 is 1.26. The first-order valence-corrected chi connectivity index (χ1v) is 12.0. The number of aromatic nitrogens is 3. The number of fused-ring (bicyclic) bond motifs is 3. The average molecular weight is 495 g/mol. The molecule has 0 atom stereocenters. The number of esters is 1. The molecule has 0 aliphatic heterocycles. The number of hydrogen-bond acceptors (Lipinski definition) is 8. The molecular formula is C25H26N4O5S. The SMILES string of the molecule is CCOc1ccc(CN(C)C(=O)COC(=O)Cn2cnc3c(sc4nc(C)cc(C)c43)c2=O)cc1. The zero-order valence-electron chi connectivity index (χ0n) is 20.0. The van der Waals surface area contributed by atoms with Crippen LogP contribution in [0.5, 0.6) is 5.75 Å². The number of likely N-dealkylation sites (N-methyl/N-ethyl adjacent to an activating group) is 1. The average Bonchev–Trinajstić information content (AvgIpc) is 3.20. The van der Waals surface area contributed by atoms with E-state index in [4.69, 9.17) is 9.47 Å². The predicted molar refractivity (Wildman–Crippen MR) is 134 cm³/mol. The number of hydrogen-bond donors (Lipinski definition) is 0. The Morgan fingerprint density at radius 3 is 2.63 bits per heavy atom. The Kier molecular flexibility index (Phi) is 7.11. The summed E-state index contributed by atoms with van der Waals surface area (Å²) in [5.41, 5.74) is 3.02. The molecule has 182 valence electrons. The summed E-state index contributed by atoms with van der Waals surface area (Å²) in [4.78, 5) is 48.8. The van der Waals surface area contributed by atoms with Crippen molar-refractivity contribution >= 4 is 43.6 Å². The van der Waals surface area contributed by atoms with Crippen molar-refractivity contribution in [1.29, 1.82) is 0 Å². The minimum Gasteiger partial charge on any atom is -0.494 e. The third-order valence-corrected chi connectivity index (χ3v) is 6.54. The minimum absolute atomic E-state index is 0.336. The van der Waals surface area contributed by atoms with Gasteiger partial charge in [0.2, 0.25) is 0 Å². The fourth-order valence-electron chi connectivity index (χ4n) is 3.77. The molecule has 0 fully saturated rings.